The molecular weight excluding hydrogens is 534 g/mol. The van der Waals surface area contributed by atoms with Crippen LogP contribution in [0.25, 0.3) is 22.5 Å². The summed E-state index contributed by atoms with van der Waals surface area (Å²) in [6.45, 7) is 3.38. The minimum absolute atomic E-state index is 0.155. The van der Waals surface area contributed by atoms with Gasteiger partial charge in [0.2, 0.25) is 5.91 Å². The van der Waals surface area contributed by atoms with E-state index in [2.05, 4.69) is 28.8 Å². The second kappa shape index (κ2) is 12.5. The molecular formula is C31H37N7O4. The summed E-state index contributed by atoms with van der Waals surface area (Å²) >= 11 is 0. The van der Waals surface area contributed by atoms with Gasteiger partial charge in [-0.2, -0.15) is 0 Å². The number of likely N-dealkylation sites (N-methyl/N-ethyl adjacent to an activating group) is 2. The van der Waals surface area contributed by atoms with E-state index < -0.39 is 5.69 Å². The highest BCUT2D eigenvalue weighted by Crippen LogP contribution is 2.32. The van der Waals surface area contributed by atoms with Crippen LogP contribution in [0.1, 0.15) is 32.6 Å². The summed E-state index contributed by atoms with van der Waals surface area (Å²) in [6, 6.07) is 13.1. The van der Waals surface area contributed by atoms with Gasteiger partial charge in [-0.1, -0.05) is 25.5 Å². The Kier molecular flexibility index (Phi) is 8.58. The number of unbranched alkanes of at least 4 members (excludes halogenated alkanes) is 1. The summed E-state index contributed by atoms with van der Waals surface area (Å²) < 4.78 is 14.4. The third-order valence-corrected chi connectivity index (χ3v) is 7.44. The van der Waals surface area contributed by atoms with Crippen molar-refractivity contribution in [1.82, 2.24) is 24.0 Å². The van der Waals surface area contributed by atoms with E-state index in [0.29, 0.717) is 52.4 Å². The first-order chi connectivity index (χ1) is 20.3. The van der Waals surface area contributed by atoms with E-state index in [0.717, 1.165) is 19.4 Å². The number of benzene rings is 2. The maximum Gasteiger partial charge on any atom is 0.339 e. The van der Waals surface area contributed by atoms with Crippen molar-refractivity contribution < 1.29 is 14.3 Å². The predicted octanol–water partition coefficient (Wildman–Crippen LogP) is 3.95. The van der Waals surface area contributed by atoms with Crippen LogP contribution in [0.4, 0.5) is 11.5 Å². The summed E-state index contributed by atoms with van der Waals surface area (Å²) in [7, 11) is 5.33. The fourth-order valence-corrected chi connectivity index (χ4v) is 4.82. The number of hydrogen-bond donors (Lipinski definition) is 1. The Labute approximate surface area is 244 Å². The summed E-state index contributed by atoms with van der Waals surface area (Å²) in [5.74, 6) is 1.07. The molecule has 1 aliphatic rings. The first kappa shape index (κ1) is 28.9. The standard InChI is InChI=1S/C31H37N7O4/c1-5-6-17-42-25-15-14-24(19-26(25)41-4)37-28-29(32)33-20-34-30(28)38(31(37)40)23-10-7-9-22(18-23)36(3)27(39)11-8-16-35(2)21-12-13-21/h7-11,14-15,18-21H,5-6,12-13,16-17H2,1-4H3,(H2,32,33,34)/b11-8+. The number of aromatic nitrogens is 4. The lowest BCUT2D eigenvalue weighted by molar-refractivity contribution is -0.113. The fourth-order valence-electron chi connectivity index (χ4n) is 4.82. The fraction of sp³-hybridized carbons (Fsp3) is 0.355. The molecule has 0 spiro atoms. The van der Waals surface area contributed by atoms with E-state index in [1.165, 1.54) is 28.3 Å². The molecule has 11 heteroatoms. The second-order valence-electron chi connectivity index (χ2n) is 10.4. The zero-order valence-electron chi connectivity index (χ0n) is 24.5. The van der Waals surface area contributed by atoms with Crippen molar-refractivity contribution in [3.05, 3.63) is 71.4 Å². The SMILES string of the molecule is CCCCOc1ccc(-n2c(=O)n(-c3cccc(N(C)C(=O)/C=C/CN(C)C4CC4)c3)c3ncnc(N)c32)cc1OC. The smallest absolute Gasteiger partial charge is 0.339 e. The molecule has 0 unspecified atom stereocenters. The monoisotopic (exact) mass is 571 g/mol. The van der Waals surface area contributed by atoms with Crippen LogP contribution in [-0.4, -0.2) is 70.3 Å². The van der Waals surface area contributed by atoms with Crippen LogP contribution in [0.5, 0.6) is 11.5 Å². The largest absolute Gasteiger partial charge is 0.493 e. The predicted molar refractivity (Wildman–Crippen MR) is 164 cm³/mol. The van der Waals surface area contributed by atoms with Crippen LogP contribution < -0.4 is 25.8 Å². The minimum Gasteiger partial charge on any atom is -0.493 e. The zero-order valence-corrected chi connectivity index (χ0v) is 24.5. The number of nitrogens with two attached hydrogens (primary N) is 1. The number of amides is 1. The normalized spacial score (nSPS) is 13.3. The molecule has 5 rings (SSSR count). The Morgan fingerprint density at radius 1 is 1.10 bits per heavy atom. The van der Waals surface area contributed by atoms with Crippen LogP contribution in [-0.2, 0) is 4.79 Å². The van der Waals surface area contributed by atoms with Crippen molar-refractivity contribution in [3.8, 4) is 22.9 Å². The van der Waals surface area contributed by atoms with Crippen molar-refractivity contribution in [2.45, 2.75) is 38.6 Å². The molecule has 0 saturated heterocycles. The van der Waals surface area contributed by atoms with E-state index in [1.807, 2.05) is 12.1 Å². The van der Waals surface area contributed by atoms with E-state index in [-0.39, 0.29) is 11.7 Å². The molecule has 2 aromatic heterocycles. The number of imidazole rings is 1. The lowest BCUT2D eigenvalue weighted by Crippen LogP contribution is -2.26. The number of nitrogen functional groups attached to an aromatic ring is 1. The Morgan fingerprint density at radius 3 is 2.62 bits per heavy atom. The van der Waals surface area contributed by atoms with Crippen molar-refractivity contribution in [1.29, 1.82) is 0 Å². The molecule has 0 aliphatic heterocycles. The number of rotatable bonds is 12. The highest BCUT2D eigenvalue weighted by Gasteiger charge is 2.25. The maximum absolute atomic E-state index is 14.1. The lowest BCUT2D eigenvalue weighted by Gasteiger charge is -2.17. The van der Waals surface area contributed by atoms with Gasteiger partial charge in [-0.05, 0) is 56.6 Å². The third-order valence-electron chi connectivity index (χ3n) is 7.44. The number of carbonyl (C=O) groups excluding carboxylic acids is 1. The summed E-state index contributed by atoms with van der Waals surface area (Å²) in [5.41, 5.74) is 8.29. The zero-order chi connectivity index (χ0) is 29.8. The molecule has 0 atom stereocenters. The van der Waals surface area contributed by atoms with Gasteiger partial charge in [0.1, 0.15) is 11.8 Å². The van der Waals surface area contributed by atoms with Gasteiger partial charge in [0.25, 0.3) is 0 Å². The average molecular weight is 572 g/mol. The van der Waals surface area contributed by atoms with Gasteiger partial charge in [0.05, 0.1) is 25.1 Å². The molecule has 1 fully saturated rings. The van der Waals surface area contributed by atoms with Crippen LogP contribution >= 0.6 is 0 Å². The minimum atomic E-state index is -0.395. The Hall–Kier alpha value is -4.64. The molecule has 1 saturated carbocycles. The molecule has 1 aliphatic carbocycles. The number of methoxy groups -OCH3 is 1. The Bertz CT molecular complexity index is 1670. The molecule has 0 bridgehead atoms. The molecule has 42 heavy (non-hydrogen) atoms. The van der Waals surface area contributed by atoms with E-state index in [9.17, 15) is 9.59 Å². The van der Waals surface area contributed by atoms with Gasteiger partial charge in [0, 0.05) is 37.5 Å². The lowest BCUT2D eigenvalue weighted by atomic mass is 10.2. The van der Waals surface area contributed by atoms with Crippen molar-refractivity contribution >= 4 is 28.6 Å². The van der Waals surface area contributed by atoms with Crippen LogP contribution in [0, 0.1) is 0 Å². The van der Waals surface area contributed by atoms with E-state index in [1.54, 1.807) is 61.5 Å². The number of fused-ring (bicyclic) bond motifs is 1. The highest BCUT2D eigenvalue weighted by atomic mass is 16.5. The highest BCUT2D eigenvalue weighted by molar-refractivity contribution is 6.01. The third kappa shape index (κ3) is 5.87. The number of anilines is 2. The first-order valence-electron chi connectivity index (χ1n) is 14.1. The second-order valence-corrected chi connectivity index (χ2v) is 10.4. The molecule has 1 amide bonds. The van der Waals surface area contributed by atoms with Gasteiger partial charge in [-0.15, -0.1) is 0 Å². The quantitative estimate of drug-likeness (QED) is 0.200. The molecule has 2 aromatic carbocycles. The van der Waals surface area contributed by atoms with Crippen molar-refractivity contribution in [3.63, 3.8) is 0 Å². The number of hydrogen-bond acceptors (Lipinski definition) is 8. The van der Waals surface area contributed by atoms with Gasteiger partial charge in [0.15, 0.2) is 23.0 Å². The van der Waals surface area contributed by atoms with E-state index >= 15 is 0 Å². The molecule has 4 aromatic rings. The van der Waals surface area contributed by atoms with Gasteiger partial charge >= 0.3 is 5.69 Å². The Morgan fingerprint density at radius 2 is 1.88 bits per heavy atom. The van der Waals surface area contributed by atoms with Gasteiger partial charge < -0.3 is 20.1 Å². The molecule has 0 radical (unpaired) electrons. The molecule has 11 nitrogen and oxygen atoms in total. The molecule has 2 heterocycles. The van der Waals surface area contributed by atoms with E-state index in [4.69, 9.17) is 15.2 Å². The Balaban J connectivity index is 1.51. The first-order valence-corrected chi connectivity index (χ1v) is 14.1. The van der Waals surface area contributed by atoms with Gasteiger partial charge in [-0.3, -0.25) is 14.3 Å². The molecule has 2 N–H and O–H groups in total. The van der Waals surface area contributed by atoms with Crippen LogP contribution in [0.3, 0.4) is 0 Å². The topological polar surface area (TPSA) is 121 Å². The van der Waals surface area contributed by atoms with Crippen molar-refractivity contribution in [2.75, 3.05) is 45.0 Å². The number of nitrogens with zero attached hydrogens (tertiary/aromatic N) is 6. The van der Waals surface area contributed by atoms with Crippen LogP contribution in [0.2, 0.25) is 0 Å². The number of ether oxygens (including phenoxy) is 2. The summed E-state index contributed by atoms with van der Waals surface area (Å²) in [6.07, 6.45) is 9.14. The van der Waals surface area contributed by atoms with Crippen LogP contribution in [0.15, 0.2) is 65.7 Å². The summed E-state index contributed by atoms with van der Waals surface area (Å²) in [5, 5.41) is 0. The average Bonchev–Trinajstić information content (AvgIpc) is 3.80. The maximum atomic E-state index is 14.1. The summed E-state index contributed by atoms with van der Waals surface area (Å²) in [4.78, 5) is 39.3. The van der Waals surface area contributed by atoms with Crippen molar-refractivity contribution in [2.24, 2.45) is 0 Å². The number of carbonyl (C=O) groups is 1. The van der Waals surface area contributed by atoms with Gasteiger partial charge in [-0.25, -0.2) is 19.3 Å². The molecule has 220 valence electrons.